The van der Waals surface area contributed by atoms with E-state index in [1.54, 1.807) is 0 Å². The van der Waals surface area contributed by atoms with Crippen LogP contribution in [0.5, 0.6) is 0 Å². The van der Waals surface area contributed by atoms with Gasteiger partial charge in [-0.05, 0) is 28.8 Å². The molecule has 2 unspecified atom stereocenters. The van der Waals surface area contributed by atoms with E-state index in [1.165, 1.54) is 11.3 Å². The molecule has 2 N–H and O–H groups in total. The van der Waals surface area contributed by atoms with Gasteiger partial charge < -0.3 is 10.4 Å². The van der Waals surface area contributed by atoms with Gasteiger partial charge in [-0.3, -0.25) is 4.79 Å². The van der Waals surface area contributed by atoms with Crippen molar-refractivity contribution in [3.05, 3.63) is 9.98 Å². The minimum absolute atomic E-state index is 0.0283. The second-order valence-electron chi connectivity index (χ2n) is 3.60. The molecule has 1 aromatic rings. The lowest BCUT2D eigenvalue weighted by Crippen LogP contribution is -2.29. The number of rotatable bonds is 3. The third-order valence-corrected chi connectivity index (χ3v) is 4.10. The number of hydrogen-bond acceptors (Lipinski definition) is 4. The lowest BCUT2D eigenvalue weighted by Gasteiger charge is -2.16. The van der Waals surface area contributed by atoms with Gasteiger partial charge in [0.25, 0.3) is 0 Å². The summed E-state index contributed by atoms with van der Waals surface area (Å²) in [5.74, 6) is -0.978. The number of nitrogens with one attached hydrogen (secondary N) is 1. The highest BCUT2D eigenvalue weighted by atomic mass is 79.9. The first-order chi connectivity index (χ1) is 7.16. The normalized spacial score (nSPS) is 25.4. The summed E-state index contributed by atoms with van der Waals surface area (Å²) in [6, 6.07) is 0.0283. The quantitative estimate of drug-likeness (QED) is 0.898. The fraction of sp³-hybridized carbons (Fsp3) is 0.556. The predicted octanol–water partition coefficient (Wildman–Crippen LogP) is 2.57. The highest BCUT2D eigenvalue weighted by Crippen LogP contribution is 2.30. The van der Waals surface area contributed by atoms with Crippen LogP contribution in [0.3, 0.4) is 0 Å². The van der Waals surface area contributed by atoms with Gasteiger partial charge in [-0.2, -0.15) is 0 Å². The second-order valence-corrected chi connectivity index (χ2v) is 5.27. The second kappa shape index (κ2) is 4.49. The number of aromatic nitrogens is 1. The van der Waals surface area contributed by atoms with E-state index in [0.29, 0.717) is 0 Å². The summed E-state index contributed by atoms with van der Waals surface area (Å²) in [6.45, 7) is 0. The van der Waals surface area contributed by atoms with E-state index >= 15 is 0 Å². The fourth-order valence-electron chi connectivity index (χ4n) is 1.91. The predicted molar refractivity (Wildman–Crippen MR) is 62.2 cm³/mol. The topological polar surface area (TPSA) is 62.2 Å². The molecule has 2 atom stereocenters. The average Bonchev–Trinajstić information content (AvgIpc) is 2.75. The summed E-state index contributed by atoms with van der Waals surface area (Å²) < 4.78 is 0.792. The van der Waals surface area contributed by atoms with E-state index in [4.69, 9.17) is 5.11 Å². The van der Waals surface area contributed by atoms with Gasteiger partial charge >= 0.3 is 5.97 Å². The molecule has 0 aliphatic heterocycles. The number of carboxylic acid groups (broad SMARTS) is 1. The lowest BCUT2D eigenvalue weighted by molar-refractivity contribution is -0.141. The Kier molecular flexibility index (Phi) is 3.25. The number of hydrogen-bond donors (Lipinski definition) is 2. The summed E-state index contributed by atoms with van der Waals surface area (Å²) in [4.78, 5) is 15.1. The summed E-state index contributed by atoms with van der Waals surface area (Å²) >= 11 is 4.76. The van der Waals surface area contributed by atoms with Crippen molar-refractivity contribution in [3.8, 4) is 0 Å². The maximum Gasteiger partial charge on any atom is 0.308 e. The molecule has 0 bridgehead atoms. The van der Waals surface area contributed by atoms with Crippen molar-refractivity contribution in [2.75, 3.05) is 5.32 Å². The zero-order chi connectivity index (χ0) is 10.8. The largest absolute Gasteiger partial charge is 0.481 e. The van der Waals surface area contributed by atoms with Crippen LogP contribution in [0.1, 0.15) is 19.3 Å². The van der Waals surface area contributed by atoms with Gasteiger partial charge in [0, 0.05) is 11.4 Å². The first-order valence-corrected chi connectivity index (χ1v) is 6.44. The Bertz CT molecular complexity index is 369. The Balaban J connectivity index is 2.02. The van der Waals surface area contributed by atoms with Gasteiger partial charge in [-0.25, -0.2) is 4.98 Å². The number of thiazole rings is 1. The first-order valence-electron chi connectivity index (χ1n) is 4.77. The average molecular weight is 291 g/mol. The van der Waals surface area contributed by atoms with Crippen molar-refractivity contribution in [2.24, 2.45) is 5.92 Å². The van der Waals surface area contributed by atoms with Crippen molar-refractivity contribution in [2.45, 2.75) is 25.3 Å². The SMILES string of the molecule is O=C(O)C1CCCC1Nc1nc(Br)cs1. The van der Waals surface area contributed by atoms with E-state index < -0.39 is 5.97 Å². The standard InChI is InChI=1S/C9H11BrN2O2S/c10-7-4-15-9(12-7)11-6-3-1-2-5(6)8(13)14/h4-6H,1-3H2,(H,11,12)(H,13,14). The number of carbonyl (C=O) groups is 1. The van der Waals surface area contributed by atoms with Crippen LogP contribution in [0.2, 0.25) is 0 Å². The van der Waals surface area contributed by atoms with Gasteiger partial charge in [0.05, 0.1) is 5.92 Å². The fourth-order valence-corrected chi connectivity index (χ4v) is 3.11. The van der Waals surface area contributed by atoms with Crippen LogP contribution in [0.15, 0.2) is 9.98 Å². The molecule has 0 saturated heterocycles. The van der Waals surface area contributed by atoms with Crippen LogP contribution in [0, 0.1) is 5.92 Å². The molecule has 1 heterocycles. The van der Waals surface area contributed by atoms with Gasteiger partial charge in [0.2, 0.25) is 0 Å². The van der Waals surface area contributed by atoms with Gasteiger partial charge in [-0.1, -0.05) is 6.42 Å². The molecular weight excluding hydrogens is 280 g/mol. The zero-order valence-electron chi connectivity index (χ0n) is 7.94. The molecule has 4 nitrogen and oxygen atoms in total. The van der Waals surface area contributed by atoms with E-state index in [2.05, 4.69) is 26.2 Å². The number of anilines is 1. The molecule has 1 aliphatic carbocycles. The Morgan fingerprint density at radius 1 is 1.67 bits per heavy atom. The van der Waals surface area contributed by atoms with E-state index in [9.17, 15) is 4.79 Å². The third kappa shape index (κ3) is 2.49. The number of carboxylic acids is 1. The molecule has 0 amide bonds. The molecule has 0 spiro atoms. The summed E-state index contributed by atoms with van der Waals surface area (Å²) in [5.41, 5.74) is 0. The summed E-state index contributed by atoms with van der Waals surface area (Å²) in [6.07, 6.45) is 2.65. The number of aliphatic carboxylic acids is 1. The van der Waals surface area contributed by atoms with Crippen molar-refractivity contribution in [3.63, 3.8) is 0 Å². The van der Waals surface area contributed by atoms with Crippen LogP contribution in [-0.4, -0.2) is 22.1 Å². The smallest absolute Gasteiger partial charge is 0.308 e. The van der Waals surface area contributed by atoms with Crippen molar-refractivity contribution >= 4 is 38.4 Å². The first kappa shape index (κ1) is 10.9. The van der Waals surface area contributed by atoms with Crippen LogP contribution in [0.4, 0.5) is 5.13 Å². The monoisotopic (exact) mass is 290 g/mol. The van der Waals surface area contributed by atoms with Crippen LogP contribution in [-0.2, 0) is 4.79 Å². The van der Waals surface area contributed by atoms with Crippen LogP contribution in [0.25, 0.3) is 0 Å². The van der Waals surface area contributed by atoms with E-state index in [0.717, 1.165) is 29.0 Å². The van der Waals surface area contributed by atoms with Crippen molar-refractivity contribution < 1.29 is 9.90 Å². The minimum atomic E-state index is -0.708. The van der Waals surface area contributed by atoms with E-state index in [-0.39, 0.29) is 12.0 Å². The van der Waals surface area contributed by atoms with Crippen molar-refractivity contribution in [1.29, 1.82) is 0 Å². The molecule has 1 fully saturated rings. The maximum absolute atomic E-state index is 10.9. The molecule has 1 aromatic heterocycles. The lowest BCUT2D eigenvalue weighted by atomic mass is 10.0. The number of halogens is 1. The summed E-state index contributed by atoms with van der Waals surface area (Å²) in [7, 11) is 0. The van der Waals surface area contributed by atoms with Gasteiger partial charge in [-0.15, -0.1) is 11.3 Å². The highest BCUT2D eigenvalue weighted by molar-refractivity contribution is 9.10. The van der Waals surface area contributed by atoms with E-state index in [1.807, 2.05) is 5.38 Å². The molecule has 0 radical (unpaired) electrons. The van der Waals surface area contributed by atoms with Crippen LogP contribution >= 0.6 is 27.3 Å². The molecule has 1 saturated carbocycles. The minimum Gasteiger partial charge on any atom is -0.481 e. The molecule has 0 aromatic carbocycles. The Morgan fingerprint density at radius 3 is 3.07 bits per heavy atom. The Morgan fingerprint density at radius 2 is 2.47 bits per heavy atom. The van der Waals surface area contributed by atoms with Crippen molar-refractivity contribution in [1.82, 2.24) is 4.98 Å². The molecule has 15 heavy (non-hydrogen) atoms. The highest BCUT2D eigenvalue weighted by Gasteiger charge is 2.33. The van der Waals surface area contributed by atoms with Gasteiger partial charge in [0.15, 0.2) is 5.13 Å². The molecule has 1 aliphatic rings. The van der Waals surface area contributed by atoms with Crippen LogP contribution < -0.4 is 5.32 Å². The maximum atomic E-state index is 10.9. The molecule has 82 valence electrons. The summed E-state index contributed by atoms with van der Waals surface area (Å²) in [5, 5.41) is 14.9. The Labute approximate surface area is 99.8 Å². The molecule has 2 rings (SSSR count). The Hall–Kier alpha value is -0.620. The molecular formula is C9H11BrN2O2S. The van der Waals surface area contributed by atoms with Gasteiger partial charge in [0.1, 0.15) is 4.60 Å². The number of nitrogens with zero attached hydrogens (tertiary/aromatic N) is 1. The zero-order valence-corrected chi connectivity index (χ0v) is 10.3. The molecule has 6 heteroatoms. The third-order valence-electron chi connectivity index (χ3n) is 2.62.